The molecule has 3 atom stereocenters. The molecule has 10 heteroatoms. The summed E-state index contributed by atoms with van der Waals surface area (Å²) in [6.45, 7) is 9.21. The van der Waals surface area contributed by atoms with Crippen LogP contribution in [-0.4, -0.2) is 63.7 Å². The van der Waals surface area contributed by atoms with Crippen LogP contribution in [0.5, 0.6) is 0 Å². The number of piperidine rings is 1. The van der Waals surface area contributed by atoms with Crippen molar-refractivity contribution in [3.63, 3.8) is 0 Å². The van der Waals surface area contributed by atoms with E-state index in [1.165, 1.54) is 11.2 Å². The van der Waals surface area contributed by atoms with Crippen LogP contribution in [0.25, 0.3) is 16.8 Å². The van der Waals surface area contributed by atoms with Gasteiger partial charge in [0.25, 0.3) is 0 Å². The Morgan fingerprint density at radius 1 is 1.22 bits per heavy atom. The van der Waals surface area contributed by atoms with E-state index in [1.54, 1.807) is 4.52 Å². The van der Waals surface area contributed by atoms with E-state index in [1.807, 2.05) is 45.2 Å². The molecule has 2 N–H and O–H groups in total. The first-order chi connectivity index (χ1) is 17.3. The van der Waals surface area contributed by atoms with Crippen LogP contribution in [0.2, 0.25) is 5.02 Å². The van der Waals surface area contributed by atoms with E-state index in [0.717, 1.165) is 46.7 Å². The molecule has 3 aromatic rings. The summed E-state index contributed by atoms with van der Waals surface area (Å²) in [5.74, 6) is -0.534. The van der Waals surface area contributed by atoms with Crippen molar-refractivity contribution in [2.24, 2.45) is 17.3 Å². The molecule has 1 aliphatic carbocycles. The molecule has 6 rings (SSSR count). The Kier molecular flexibility index (Phi) is 5.55. The third-order valence-electron chi connectivity index (χ3n) is 7.76. The molecule has 3 aliphatic rings. The Morgan fingerprint density at radius 2 is 2.00 bits per heavy atom. The van der Waals surface area contributed by atoms with Crippen LogP contribution >= 0.6 is 11.6 Å². The molecular formula is C26H29ClN6O3. The number of hydrogen-bond acceptors (Lipinski definition) is 7. The fraction of sp³-hybridized carbons (Fsp3) is 0.462. The van der Waals surface area contributed by atoms with Gasteiger partial charge < -0.3 is 15.4 Å². The number of carbonyl (C=O) groups is 2. The zero-order chi connectivity index (χ0) is 25.2. The van der Waals surface area contributed by atoms with E-state index >= 15 is 0 Å². The summed E-state index contributed by atoms with van der Waals surface area (Å²) in [5, 5.41) is 11.9. The summed E-state index contributed by atoms with van der Waals surface area (Å²) in [6, 6.07) is 5.76. The number of ether oxygens (including phenoxy) is 1. The maximum absolute atomic E-state index is 12.8. The number of hydrogen-bond donors (Lipinski definition) is 2. The Hall–Kier alpha value is -3.01. The lowest BCUT2D eigenvalue weighted by Gasteiger charge is -2.25. The van der Waals surface area contributed by atoms with Gasteiger partial charge in [-0.2, -0.15) is 5.10 Å². The van der Waals surface area contributed by atoms with Crippen molar-refractivity contribution in [1.29, 1.82) is 0 Å². The second-order valence-corrected chi connectivity index (χ2v) is 11.0. The van der Waals surface area contributed by atoms with Gasteiger partial charge in [0.1, 0.15) is 6.33 Å². The van der Waals surface area contributed by atoms with Gasteiger partial charge in [0, 0.05) is 42.1 Å². The fourth-order valence-electron chi connectivity index (χ4n) is 5.75. The van der Waals surface area contributed by atoms with Crippen molar-refractivity contribution >= 4 is 34.6 Å². The zero-order valence-electron chi connectivity index (χ0n) is 20.5. The lowest BCUT2D eigenvalue weighted by atomic mass is 10.0. The molecule has 9 nitrogen and oxygen atoms in total. The summed E-state index contributed by atoms with van der Waals surface area (Å²) in [6.07, 6.45) is 3.42. The van der Waals surface area contributed by atoms with Crippen LogP contribution in [-0.2, 0) is 20.9 Å². The van der Waals surface area contributed by atoms with Gasteiger partial charge in [0.15, 0.2) is 0 Å². The normalized spacial score (nSPS) is 24.9. The number of aryl methyl sites for hydroxylation is 1. The predicted molar refractivity (Wildman–Crippen MR) is 136 cm³/mol. The molecule has 4 heterocycles. The number of nitrogens with zero attached hydrogens (tertiary/aromatic N) is 4. The minimum atomic E-state index is -0.221. The number of halogens is 1. The standard InChI is InChI=1S/C26H29ClN6O3/c1-14-6-16(27)8-18(22(14)29-10-17-9-28-4-5-36-17)23-19-7-15(12-33(19)31-13-30-23)11-32-24(34)20-21(25(32)35)26(20,2)3/h6-8,12-13,17,20-21,28-29H,4-5,9-11H2,1-3H3/t17-,20?,21?/m0/s1. The second kappa shape index (κ2) is 8.54. The Balaban J connectivity index is 1.31. The van der Waals surface area contributed by atoms with Crippen molar-refractivity contribution in [1.82, 2.24) is 24.8 Å². The van der Waals surface area contributed by atoms with E-state index in [0.29, 0.717) is 18.2 Å². The molecule has 2 aliphatic heterocycles. The van der Waals surface area contributed by atoms with Gasteiger partial charge in [-0.25, -0.2) is 9.50 Å². The average molecular weight is 509 g/mol. The summed E-state index contributed by atoms with van der Waals surface area (Å²) < 4.78 is 7.58. The third-order valence-corrected chi connectivity index (χ3v) is 7.98. The first-order valence-corrected chi connectivity index (χ1v) is 12.7. The minimum absolute atomic E-state index is 0.0683. The minimum Gasteiger partial charge on any atom is -0.382 e. The SMILES string of the molecule is Cc1cc(Cl)cc(-c2ncnn3cc(CN4C(=O)C5C(C4=O)C5(C)C)cc23)c1NC[C@@H]1CNCCO1. The first kappa shape index (κ1) is 23.4. The number of benzene rings is 1. The monoisotopic (exact) mass is 508 g/mol. The quantitative estimate of drug-likeness (QED) is 0.494. The molecule has 2 unspecified atom stereocenters. The number of fused-ring (bicyclic) bond motifs is 2. The van der Waals surface area contributed by atoms with Crippen LogP contribution in [0, 0.1) is 24.2 Å². The van der Waals surface area contributed by atoms with Gasteiger partial charge >= 0.3 is 0 Å². The van der Waals surface area contributed by atoms with Crippen molar-refractivity contribution in [3.05, 3.63) is 46.9 Å². The van der Waals surface area contributed by atoms with Crippen molar-refractivity contribution in [2.75, 3.05) is 31.6 Å². The number of nitrogens with one attached hydrogen (secondary N) is 2. The van der Waals surface area contributed by atoms with Gasteiger partial charge in [-0.15, -0.1) is 0 Å². The molecule has 0 radical (unpaired) electrons. The van der Waals surface area contributed by atoms with E-state index in [-0.39, 0.29) is 41.7 Å². The number of aromatic nitrogens is 3. The van der Waals surface area contributed by atoms with Gasteiger partial charge in [0.2, 0.25) is 11.8 Å². The number of likely N-dealkylation sites (tertiary alicyclic amines) is 1. The highest BCUT2D eigenvalue weighted by atomic mass is 35.5. The van der Waals surface area contributed by atoms with Crippen molar-refractivity contribution in [3.8, 4) is 11.3 Å². The maximum Gasteiger partial charge on any atom is 0.233 e. The second-order valence-electron chi connectivity index (χ2n) is 10.5. The van der Waals surface area contributed by atoms with Crippen LogP contribution in [0.1, 0.15) is 25.0 Å². The molecule has 2 saturated heterocycles. The van der Waals surface area contributed by atoms with E-state index < -0.39 is 0 Å². The topological polar surface area (TPSA) is 101 Å². The van der Waals surface area contributed by atoms with Gasteiger partial charge in [-0.3, -0.25) is 14.5 Å². The van der Waals surface area contributed by atoms with Gasteiger partial charge in [-0.1, -0.05) is 25.4 Å². The first-order valence-electron chi connectivity index (χ1n) is 12.3. The van der Waals surface area contributed by atoms with Crippen LogP contribution < -0.4 is 10.6 Å². The molecule has 2 aromatic heterocycles. The molecule has 1 saturated carbocycles. The average Bonchev–Trinajstić information content (AvgIpc) is 3.10. The molecule has 0 spiro atoms. The Bertz CT molecular complexity index is 1360. The molecule has 1 aromatic carbocycles. The lowest BCUT2D eigenvalue weighted by Crippen LogP contribution is -2.42. The van der Waals surface area contributed by atoms with Crippen molar-refractivity contribution < 1.29 is 14.3 Å². The van der Waals surface area contributed by atoms with Gasteiger partial charge in [0.05, 0.1) is 42.3 Å². The molecule has 2 amide bonds. The van der Waals surface area contributed by atoms with E-state index in [4.69, 9.17) is 16.3 Å². The van der Waals surface area contributed by atoms with Crippen LogP contribution in [0.15, 0.2) is 30.7 Å². The van der Waals surface area contributed by atoms with Crippen LogP contribution in [0.4, 0.5) is 5.69 Å². The molecule has 0 bridgehead atoms. The van der Waals surface area contributed by atoms with Crippen molar-refractivity contribution in [2.45, 2.75) is 33.4 Å². The smallest absolute Gasteiger partial charge is 0.233 e. The number of carbonyl (C=O) groups excluding carboxylic acids is 2. The van der Waals surface area contributed by atoms with E-state index in [2.05, 4.69) is 20.7 Å². The third kappa shape index (κ3) is 3.77. The molecule has 36 heavy (non-hydrogen) atoms. The summed E-state index contributed by atoms with van der Waals surface area (Å²) in [7, 11) is 0. The highest BCUT2D eigenvalue weighted by Gasteiger charge is 2.72. The Morgan fingerprint density at radius 3 is 2.72 bits per heavy atom. The lowest BCUT2D eigenvalue weighted by molar-refractivity contribution is -0.143. The van der Waals surface area contributed by atoms with E-state index in [9.17, 15) is 9.59 Å². The Labute approximate surface area is 214 Å². The number of morpholine rings is 1. The fourth-order valence-corrected chi connectivity index (χ4v) is 6.02. The molecule has 188 valence electrons. The van der Waals surface area contributed by atoms with Crippen LogP contribution in [0.3, 0.4) is 0 Å². The zero-order valence-corrected chi connectivity index (χ0v) is 21.3. The summed E-state index contributed by atoms with van der Waals surface area (Å²) in [4.78, 5) is 31.7. The number of rotatable bonds is 6. The molecule has 3 fully saturated rings. The summed E-state index contributed by atoms with van der Waals surface area (Å²) >= 11 is 6.47. The largest absolute Gasteiger partial charge is 0.382 e. The van der Waals surface area contributed by atoms with Gasteiger partial charge in [-0.05, 0) is 41.7 Å². The predicted octanol–water partition coefficient (Wildman–Crippen LogP) is 2.90. The highest BCUT2D eigenvalue weighted by Crippen LogP contribution is 2.63. The highest BCUT2D eigenvalue weighted by molar-refractivity contribution is 6.31. The summed E-state index contributed by atoms with van der Waals surface area (Å²) in [5.41, 5.74) is 4.89. The number of imide groups is 1. The maximum atomic E-state index is 12.8. The number of amides is 2. The molecular weight excluding hydrogens is 480 g/mol. The number of anilines is 1.